The zero-order chi connectivity index (χ0) is 32.9. The smallest absolute Gasteiger partial charge is 0.343 e. The van der Waals surface area contributed by atoms with Crippen LogP contribution in [0.2, 0.25) is 0 Å². The van der Waals surface area contributed by atoms with Crippen LogP contribution in [0.3, 0.4) is 0 Å². The van der Waals surface area contributed by atoms with E-state index in [4.69, 9.17) is 42.6 Å². The van der Waals surface area contributed by atoms with E-state index in [1.165, 1.54) is 0 Å². The predicted octanol–water partition coefficient (Wildman–Crippen LogP) is 3.55. The quantitative estimate of drug-likeness (QED) is 0.0778. The summed E-state index contributed by atoms with van der Waals surface area (Å²) in [6.07, 6.45) is -1.10. The van der Waals surface area contributed by atoms with E-state index in [0.29, 0.717) is 12.8 Å². The molecule has 0 aliphatic carbocycles. The van der Waals surface area contributed by atoms with Gasteiger partial charge in [-0.3, -0.25) is 14.4 Å². The number of carbonyl (C=O) groups excluding carboxylic acids is 4. The van der Waals surface area contributed by atoms with E-state index in [0.717, 1.165) is 0 Å². The van der Waals surface area contributed by atoms with Crippen molar-refractivity contribution in [2.45, 2.75) is 99.9 Å². The molecule has 3 aliphatic heterocycles. The van der Waals surface area contributed by atoms with Gasteiger partial charge in [0.15, 0.2) is 29.8 Å². The van der Waals surface area contributed by atoms with Crippen LogP contribution in [0.1, 0.15) is 60.8 Å². The maximum atomic E-state index is 13.4. The Bertz CT molecular complexity index is 1090. The molecule has 3 fully saturated rings. The molecule has 0 spiro atoms. The van der Waals surface area contributed by atoms with Crippen molar-refractivity contribution in [1.82, 2.24) is 0 Å². The largest absolute Gasteiger partial charge is 0.463 e. The Kier molecular flexibility index (Phi) is 13.0. The third-order valence-corrected chi connectivity index (χ3v) is 8.08. The molecule has 0 radical (unpaired) electrons. The van der Waals surface area contributed by atoms with Crippen LogP contribution in [-0.4, -0.2) is 102 Å². The zero-order valence-corrected chi connectivity index (χ0v) is 30.3. The van der Waals surface area contributed by atoms with Gasteiger partial charge in [0.05, 0.1) is 47.9 Å². The van der Waals surface area contributed by atoms with Crippen LogP contribution in [0.15, 0.2) is 10.2 Å². The molecule has 6 unspecified atom stereocenters. The summed E-state index contributed by atoms with van der Waals surface area (Å²) in [4.78, 5) is 49.1. The van der Waals surface area contributed by atoms with Crippen molar-refractivity contribution in [3.8, 4) is 0 Å². The summed E-state index contributed by atoms with van der Waals surface area (Å²) in [6, 6.07) is 0. The predicted molar refractivity (Wildman–Crippen MR) is 170 cm³/mol. The molecule has 0 amide bonds. The molecular formula is C29H42I2O13. The van der Waals surface area contributed by atoms with Gasteiger partial charge in [0.2, 0.25) is 0 Å². The number of hydrogen-bond donors (Lipinski definition) is 0. The molecule has 15 heteroatoms. The lowest BCUT2D eigenvalue weighted by Gasteiger charge is -2.31. The van der Waals surface area contributed by atoms with Crippen LogP contribution in [0.5, 0.6) is 0 Å². The highest BCUT2D eigenvalue weighted by atomic mass is 127. The first-order valence-electron chi connectivity index (χ1n) is 14.3. The topological polar surface area (TPSA) is 151 Å². The van der Waals surface area contributed by atoms with Crippen LogP contribution >= 0.6 is 45.2 Å². The monoisotopic (exact) mass is 852 g/mol. The third-order valence-electron chi connectivity index (χ3n) is 7.20. The second kappa shape index (κ2) is 15.3. The second-order valence-corrected chi connectivity index (χ2v) is 16.2. The lowest BCUT2D eigenvalue weighted by Crippen LogP contribution is -2.44. The molecule has 13 nitrogen and oxygen atoms in total. The SMILES string of the molecule is C=C(I)C(=O)OCCC(=O)OCC1COC(C)(CCC2(C)OCC(C(C(=O)COC(=O)C(C)(C)I)C3COC(C)(C)O3)O2)O1. The van der Waals surface area contributed by atoms with Crippen molar-refractivity contribution >= 4 is 68.9 Å². The Labute approximate surface area is 284 Å². The van der Waals surface area contributed by atoms with Crippen LogP contribution in [0.25, 0.3) is 0 Å². The number of alkyl halides is 1. The first-order valence-corrected chi connectivity index (χ1v) is 16.5. The molecule has 3 aliphatic rings. The number of rotatable bonds is 15. The molecule has 3 heterocycles. The van der Waals surface area contributed by atoms with Gasteiger partial charge in [-0.05, 0) is 64.1 Å². The van der Waals surface area contributed by atoms with Crippen LogP contribution in [0, 0.1) is 5.92 Å². The van der Waals surface area contributed by atoms with Crippen molar-refractivity contribution in [3.05, 3.63) is 10.2 Å². The fourth-order valence-corrected chi connectivity index (χ4v) is 5.14. The molecule has 0 aromatic heterocycles. The normalized spacial score (nSPS) is 30.5. The summed E-state index contributed by atoms with van der Waals surface area (Å²) in [5, 5.41) is 0. The van der Waals surface area contributed by atoms with Gasteiger partial charge in [0.1, 0.15) is 22.7 Å². The van der Waals surface area contributed by atoms with E-state index >= 15 is 0 Å². The number of hydrogen-bond acceptors (Lipinski definition) is 13. The molecular weight excluding hydrogens is 810 g/mol. The summed E-state index contributed by atoms with van der Waals surface area (Å²) in [5.74, 6) is -5.65. The Balaban J connectivity index is 1.51. The minimum absolute atomic E-state index is 0.0172. The molecule has 44 heavy (non-hydrogen) atoms. The van der Waals surface area contributed by atoms with Crippen molar-refractivity contribution in [1.29, 1.82) is 0 Å². The van der Waals surface area contributed by atoms with E-state index < -0.39 is 69.5 Å². The Hall–Kier alpha value is -0.960. The zero-order valence-electron chi connectivity index (χ0n) is 25.9. The summed E-state index contributed by atoms with van der Waals surface area (Å²) in [5.41, 5.74) is 0. The lowest BCUT2D eigenvalue weighted by molar-refractivity contribution is -0.207. The third kappa shape index (κ3) is 11.1. The second-order valence-electron chi connectivity index (χ2n) is 12.2. The molecule has 0 bridgehead atoms. The maximum absolute atomic E-state index is 13.4. The van der Waals surface area contributed by atoms with E-state index in [-0.39, 0.29) is 48.8 Å². The fourth-order valence-electron chi connectivity index (χ4n) is 4.83. The van der Waals surface area contributed by atoms with Crippen molar-refractivity contribution < 1.29 is 61.8 Å². The molecule has 6 atom stereocenters. The van der Waals surface area contributed by atoms with Crippen LogP contribution in [0.4, 0.5) is 0 Å². The van der Waals surface area contributed by atoms with Gasteiger partial charge in [0, 0.05) is 12.8 Å². The lowest BCUT2D eigenvalue weighted by atomic mass is 9.92. The first kappa shape index (κ1) is 37.5. The number of halogens is 2. The van der Waals surface area contributed by atoms with E-state index in [9.17, 15) is 19.2 Å². The van der Waals surface area contributed by atoms with Crippen LogP contribution < -0.4 is 0 Å². The number of ketones is 1. The first-order chi connectivity index (χ1) is 20.3. The van der Waals surface area contributed by atoms with Gasteiger partial charge in [-0.25, -0.2) is 4.79 Å². The van der Waals surface area contributed by atoms with E-state index in [2.05, 4.69) is 6.58 Å². The molecule has 3 rings (SSSR count). The minimum Gasteiger partial charge on any atom is -0.463 e. The minimum atomic E-state index is -1.06. The van der Waals surface area contributed by atoms with E-state index in [1.54, 1.807) is 64.1 Å². The molecule has 0 saturated carbocycles. The van der Waals surface area contributed by atoms with Crippen molar-refractivity contribution in [2.24, 2.45) is 5.92 Å². The number of ether oxygens (including phenoxy) is 9. The van der Waals surface area contributed by atoms with Gasteiger partial charge in [0.25, 0.3) is 0 Å². The number of carbonyl (C=O) groups is 4. The standard InChI is InChI=1S/C29H42I2O13/c1-17(30)24(34)36-11-8-22(33)37-12-18-13-40-28(6,42-18)9-10-29(7)41-16-21(44-29)23(20-15-39-27(4,5)43-20)19(32)14-38-25(35)26(2,3)31/h18,20-21,23H,1,8-16H2,2-7H3. The highest BCUT2D eigenvalue weighted by Crippen LogP contribution is 2.39. The van der Waals surface area contributed by atoms with Crippen LogP contribution in [-0.2, 0) is 61.8 Å². The summed E-state index contributed by atoms with van der Waals surface area (Å²) in [6.45, 7) is 13.9. The molecule has 250 valence electrons. The van der Waals surface area contributed by atoms with Crippen molar-refractivity contribution in [2.75, 3.05) is 39.6 Å². The Morgan fingerprint density at radius 1 is 0.886 bits per heavy atom. The summed E-state index contributed by atoms with van der Waals surface area (Å²) in [7, 11) is 0. The average molecular weight is 852 g/mol. The Morgan fingerprint density at radius 2 is 1.48 bits per heavy atom. The highest BCUT2D eigenvalue weighted by Gasteiger charge is 2.51. The Morgan fingerprint density at radius 3 is 2.07 bits per heavy atom. The number of Topliss-reactive ketones (excluding diaryl/α,β-unsaturated/α-hetero) is 1. The van der Waals surface area contributed by atoms with Gasteiger partial charge in [-0.15, -0.1) is 0 Å². The highest BCUT2D eigenvalue weighted by molar-refractivity contribution is 14.1. The number of esters is 3. The average Bonchev–Trinajstić information content (AvgIpc) is 3.61. The maximum Gasteiger partial charge on any atom is 0.343 e. The molecule has 0 N–H and O–H groups in total. The molecule has 0 aromatic rings. The fraction of sp³-hybridized carbons (Fsp3) is 0.793. The molecule has 3 saturated heterocycles. The van der Waals surface area contributed by atoms with E-state index in [1.807, 2.05) is 22.6 Å². The summed E-state index contributed by atoms with van der Waals surface area (Å²) < 4.78 is 50.9. The van der Waals surface area contributed by atoms with Gasteiger partial charge < -0.3 is 42.6 Å². The van der Waals surface area contributed by atoms with Gasteiger partial charge >= 0.3 is 17.9 Å². The van der Waals surface area contributed by atoms with Gasteiger partial charge in [-0.2, -0.15) is 0 Å². The molecule has 0 aromatic carbocycles. The van der Waals surface area contributed by atoms with Crippen molar-refractivity contribution in [3.63, 3.8) is 0 Å². The summed E-state index contributed by atoms with van der Waals surface area (Å²) >= 11 is 3.70. The van der Waals surface area contributed by atoms with Gasteiger partial charge in [-0.1, -0.05) is 29.2 Å².